The molecule has 1 fully saturated rings. The van der Waals surface area contributed by atoms with E-state index in [0.29, 0.717) is 43.9 Å². The number of fused-ring (bicyclic) bond motifs is 1. The van der Waals surface area contributed by atoms with Crippen LogP contribution in [-0.4, -0.2) is 48.2 Å². The fraction of sp³-hybridized carbons (Fsp3) is 0.500. The maximum Gasteiger partial charge on any atom is 0.254 e. The molecule has 0 saturated carbocycles. The van der Waals surface area contributed by atoms with Gasteiger partial charge in [-0.05, 0) is 17.6 Å². The average molecular weight is 413 g/mol. The Morgan fingerprint density at radius 1 is 1.37 bits per heavy atom. The molecule has 0 bridgehead atoms. The van der Waals surface area contributed by atoms with E-state index in [-0.39, 0.29) is 24.3 Å². The van der Waals surface area contributed by atoms with Crippen molar-refractivity contribution >= 4 is 11.8 Å². The lowest BCUT2D eigenvalue weighted by atomic mass is 9.82. The van der Waals surface area contributed by atoms with Crippen molar-refractivity contribution < 1.29 is 23.6 Å². The molecule has 0 radical (unpaired) electrons. The van der Waals surface area contributed by atoms with Crippen molar-refractivity contribution in [2.45, 2.75) is 50.2 Å². The molecule has 2 aliphatic rings. The van der Waals surface area contributed by atoms with Gasteiger partial charge in [0.15, 0.2) is 0 Å². The van der Waals surface area contributed by atoms with Crippen molar-refractivity contribution in [3.8, 4) is 11.6 Å². The Kier molecular flexibility index (Phi) is 5.65. The Balaban J connectivity index is 1.47. The number of amides is 2. The molecular weight excluding hydrogens is 386 g/mol. The van der Waals surface area contributed by atoms with E-state index in [9.17, 15) is 9.59 Å². The summed E-state index contributed by atoms with van der Waals surface area (Å²) in [5.74, 6) is 1.86. The molecule has 4 rings (SSSR count). The quantitative estimate of drug-likeness (QED) is 0.810. The molecule has 2 amide bonds. The number of ether oxygens (including phenoxy) is 2. The third-order valence-electron chi connectivity index (χ3n) is 6.00. The van der Waals surface area contributed by atoms with Crippen LogP contribution in [0.25, 0.3) is 0 Å². The van der Waals surface area contributed by atoms with Gasteiger partial charge < -0.3 is 24.2 Å². The molecule has 0 aliphatic carbocycles. The molecule has 8 heteroatoms. The Hall–Kier alpha value is -3.03. The van der Waals surface area contributed by atoms with Gasteiger partial charge in [-0.2, -0.15) is 0 Å². The van der Waals surface area contributed by atoms with E-state index in [1.807, 2.05) is 31.3 Å². The summed E-state index contributed by atoms with van der Waals surface area (Å²) in [7, 11) is 3.35. The normalized spacial score (nSPS) is 23.5. The second kappa shape index (κ2) is 8.38. The summed E-state index contributed by atoms with van der Waals surface area (Å²) in [5, 5.41) is 6.93. The summed E-state index contributed by atoms with van der Waals surface area (Å²) in [6.07, 6.45) is 3.21. The van der Waals surface area contributed by atoms with E-state index < -0.39 is 5.60 Å². The summed E-state index contributed by atoms with van der Waals surface area (Å²) in [5.41, 5.74) is 0.520. The van der Waals surface area contributed by atoms with Gasteiger partial charge in [-0.25, -0.2) is 0 Å². The van der Waals surface area contributed by atoms with E-state index in [2.05, 4.69) is 10.5 Å². The number of hydrogen-bond donors (Lipinski definition) is 1. The van der Waals surface area contributed by atoms with Gasteiger partial charge in [-0.1, -0.05) is 18.2 Å². The third-order valence-corrected chi connectivity index (χ3v) is 6.00. The molecule has 160 valence electrons. The number of aromatic nitrogens is 1. The molecule has 2 atom stereocenters. The highest BCUT2D eigenvalue weighted by Crippen LogP contribution is 2.44. The molecule has 30 heavy (non-hydrogen) atoms. The van der Waals surface area contributed by atoms with Crippen LogP contribution >= 0.6 is 0 Å². The zero-order chi connectivity index (χ0) is 21.1. The fourth-order valence-electron chi connectivity index (χ4n) is 4.21. The van der Waals surface area contributed by atoms with Crippen LogP contribution in [0, 0.1) is 0 Å². The Labute approximate surface area is 175 Å². The van der Waals surface area contributed by atoms with Crippen LogP contribution in [0.4, 0.5) is 0 Å². The van der Waals surface area contributed by atoms with E-state index in [1.165, 1.54) is 7.11 Å². The molecule has 8 nitrogen and oxygen atoms in total. The number of carbonyl (C=O) groups excluding carboxylic acids is 2. The first kappa shape index (κ1) is 20.3. The Morgan fingerprint density at radius 2 is 2.20 bits per heavy atom. The lowest BCUT2D eigenvalue weighted by Crippen LogP contribution is -2.45. The van der Waals surface area contributed by atoms with Gasteiger partial charge in [-0.3, -0.25) is 9.59 Å². The van der Waals surface area contributed by atoms with E-state index in [4.69, 9.17) is 14.0 Å². The van der Waals surface area contributed by atoms with Crippen LogP contribution in [0.3, 0.4) is 0 Å². The van der Waals surface area contributed by atoms with Crippen LogP contribution in [-0.2, 0) is 16.0 Å². The second-order valence-corrected chi connectivity index (χ2v) is 8.05. The first-order chi connectivity index (χ1) is 14.5. The Morgan fingerprint density at radius 3 is 3.00 bits per heavy atom. The highest BCUT2D eigenvalue weighted by atomic mass is 16.5. The predicted octanol–water partition coefficient (Wildman–Crippen LogP) is 2.64. The number of nitrogens with zero attached hydrogens (tertiary/aromatic N) is 2. The van der Waals surface area contributed by atoms with E-state index >= 15 is 0 Å². The predicted molar refractivity (Wildman–Crippen MR) is 108 cm³/mol. The van der Waals surface area contributed by atoms with E-state index in [1.54, 1.807) is 11.0 Å². The highest BCUT2D eigenvalue weighted by Gasteiger charge is 2.43. The van der Waals surface area contributed by atoms with Gasteiger partial charge in [0.2, 0.25) is 11.8 Å². The van der Waals surface area contributed by atoms with Gasteiger partial charge >= 0.3 is 0 Å². The van der Waals surface area contributed by atoms with Crippen molar-refractivity contribution in [3.63, 3.8) is 0 Å². The molecule has 1 saturated heterocycles. The number of carbonyl (C=O) groups is 2. The number of rotatable bonds is 5. The van der Waals surface area contributed by atoms with E-state index in [0.717, 1.165) is 17.7 Å². The van der Waals surface area contributed by atoms with Crippen LogP contribution in [0.1, 0.15) is 49.5 Å². The zero-order valence-electron chi connectivity index (χ0n) is 17.3. The zero-order valence-corrected chi connectivity index (χ0v) is 17.3. The lowest BCUT2D eigenvalue weighted by Gasteiger charge is -2.42. The maximum atomic E-state index is 12.7. The Bertz CT molecular complexity index is 927. The molecule has 1 aromatic heterocycles. The first-order valence-electron chi connectivity index (χ1n) is 10.3. The van der Waals surface area contributed by atoms with Gasteiger partial charge in [0.1, 0.15) is 17.1 Å². The van der Waals surface area contributed by atoms with Crippen molar-refractivity contribution in [3.05, 3.63) is 41.7 Å². The minimum absolute atomic E-state index is 0.0657. The highest BCUT2D eigenvalue weighted by molar-refractivity contribution is 5.77. The molecular formula is C22H27N3O5. The van der Waals surface area contributed by atoms with Gasteiger partial charge in [-0.15, -0.1) is 0 Å². The number of aryl methyl sites for hydroxylation is 1. The fourth-order valence-corrected chi connectivity index (χ4v) is 4.21. The number of nitrogens with one attached hydrogen (secondary N) is 1. The van der Waals surface area contributed by atoms with Crippen LogP contribution < -0.4 is 14.8 Å². The summed E-state index contributed by atoms with van der Waals surface area (Å²) >= 11 is 0. The number of methoxy groups -OCH3 is 1. The van der Waals surface area contributed by atoms with Gasteiger partial charge in [0.25, 0.3) is 5.88 Å². The lowest BCUT2D eigenvalue weighted by molar-refractivity contribution is -0.129. The van der Waals surface area contributed by atoms with Crippen LogP contribution in [0.15, 0.2) is 34.9 Å². The third kappa shape index (κ3) is 4.27. The van der Waals surface area contributed by atoms with Gasteiger partial charge in [0.05, 0.1) is 13.2 Å². The monoisotopic (exact) mass is 413 g/mol. The van der Waals surface area contributed by atoms with Crippen molar-refractivity contribution in [1.82, 2.24) is 15.4 Å². The maximum absolute atomic E-state index is 12.7. The summed E-state index contributed by atoms with van der Waals surface area (Å²) in [6.45, 7) is 0.648. The smallest absolute Gasteiger partial charge is 0.254 e. The largest absolute Gasteiger partial charge is 0.487 e. The molecule has 0 unspecified atom stereocenters. The molecule has 1 aromatic carbocycles. The molecule has 3 heterocycles. The molecule has 2 aliphatic heterocycles. The second-order valence-electron chi connectivity index (χ2n) is 8.05. The average Bonchev–Trinajstić information content (AvgIpc) is 3.18. The summed E-state index contributed by atoms with van der Waals surface area (Å²) < 4.78 is 16.6. The first-order valence-corrected chi connectivity index (χ1v) is 10.3. The molecule has 2 aromatic rings. The van der Waals surface area contributed by atoms with Crippen LogP contribution in [0.2, 0.25) is 0 Å². The minimum atomic E-state index is -0.453. The summed E-state index contributed by atoms with van der Waals surface area (Å²) in [6, 6.07) is 9.33. The standard InChI is InChI=1S/C22H27N3O5/c1-25-12-11-22(10-9-21(25)27)14-17(16-5-3-4-6-18(16)29-22)23-19(26)8-7-15-13-20(28-2)24-30-15/h3-6,13,17H,7-12,14H2,1-2H3,(H,23,26)/t17-,22-/m0/s1. The topological polar surface area (TPSA) is 93.9 Å². The number of hydrogen-bond acceptors (Lipinski definition) is 6. The summed E-state index contributed by atoms with van der Waals surface area (Å²) in [4.78, 5) is 26.6. The number of likely N-dealkylation sites (tertiary alicyclic amines) is 1. The van der Waals surface area contributed by atoms with Crippen molar-refractivity contribution in [2.75, 3.05) is 20.7 Å². The molecule has 1 N–H and O–H groups in total. The number of para-hydroxylation sites is 1. The minimum Gasteiger partial charge on any atom is -0.487 e. The molecule has 1 spiro atoms. The van der Waals surface area contributed by atoms with Crippen LogP contribution in [0.5, 0.6) is 11.6 Å². The van der Waals surface area contributed by atoms with Crippen molar-refractivity contribution in [1.29, 1.82) is 0 Å². The number of benzene rings is 1. The van der Waals surface area contributed by atoms with Gasteiger partial charge in [0, 0.05) is 57.3 Å². The SMILES string of the molecule is COc1cc(CCC(=O)N[C@H]2C[C@@]3(CCC(=O)N(C)CC3)Oc3ccccc32)on1. The van der Waals surface area contributed by atoms with Crippen molar-refractivity contribution in [2.24, 2.45) is 0 Å².